The first-order chi connectivity index (χ1) is 5.31. The minimum atomic E-state index is 0.337. The van der Waals surface area contributed by atoms with Crippen molar-refractivity contribution in [1.82, 2.24) is 0 Å². The molecule has 0 aliphatic carbocycles. The molecule has 1 nitrogen and oxygen atoms in total. The van der Waals surface area contributed by atoms with E-state index >= 15 is 0 Å². The summed E-state index contributed by atoms with van der Waals surface area (Å²) in [5, 5.41) is 8.72. The molecule has 0 aliphatic rings. The zero-order chi connectivity index (χ0) is 8.53. The molecule has 0 bridgehead atoms. The Morgan fingerprint density at radius 2 is 2.09 bits per heavy atom. The zero-order valence-electron chi connectivity index (χ0n) is 7.71. The van der Waals surface area contributed by atoms with Crippen molar-refractivity contribution in [2.24, 2.45) is 5.92 Å². The van der Waals surface area contributed by atoms with E-state index in [4.69, 9.17) is 5.11 Å². The van der Waals surface area contributed by atoms with Crippen LogP contribution >= 0.6 is 0 Å². The molecule has 0 heterocycles. The van der Waals surface area contributed by atoms with Crippen LogP contribution in [0.25, 0.3) is 0 Å². The largest absolute Gasteiger partial charge is 0.396 e. The van der Waals surface area contributed by atoms with Crippen molar-refractivity contribution in [3.05, 3.63) is 12.2 Å². The van der Waals surface area contributed by atoms with Crippen LogP contribution in [0.1, 0.15) is 39.5 Å². The van der Waals surface area contributed by atoms with Crippen LogP contribution < -0.4 is 0 Å². The average molecular weight is 156 g/mol. The molecule has 0 saturated heterocycles. The SMILES string of the molecule is C/C=C/CCCCC(C)CO. The Bertz CT molecular complexity index is 97.0. The van der Waals surface area contributed by atoms with Crippen LogP contribution in [0, 0.1) is 5.92 Å². The fourth-order valence-corrected chi connectivity index (χ4v) is 1.01. The second kappa shape index (κ2) is 7.80. The molecule has 0 aromatic rings. The van der Waals surface area contributed by atoms with E-state index in [1.165, 1.54) is 19.3 Å². The van der Waals surface area contributed by atoms with Gasteiger partial charge < -0.3 is 5.11 Å². The van der Waals surface area contributed by atoms with Gasteiger partial charge in [0.2, 0.25) is 0 Å². The molecular weight excluding hydrogens is 136 g/mol. The van der Waals surface area contributed by atoms with Gasteiger partial charge in [-0.3, -0.25) is 0 Å². The van der Waals surface area contributed by atoms with Gasteiger partial charge in [0.05, 0.1) is 0 Å². The van der Waals surface area contributed by atoms with Crippen LogP contribution in [-0.4, -0.2) is 11.7 Å². The lowest BCUT2D eigenvalue weighted by Gasteiger charge is -2.05. The first kappa shape index (κ1) is 10.7. The highest BCUT2D eigenvalue weighted by molar-refractivity contribution is 4.76. The van der Waals surface area contributed by atoms with Crippen LogP contribution in [0.15, 0.2) is 12.2 Å². The molecule has 1 N–H and O–H groups in total. The van der Waals surface area contributed by atoms with Crippen molar-refractivity contribution in [2.75, 3.05) is 6.61 Å². The van der Waals surface area contributed by atoms with Gasteiger partial charge in [0.25, 0.3) is 0 Å². The van der Waals surface area contributed by atoms with Crippen LogP contribution in [0.4, 0.5) is 0 Å². The molecule has 0 spiro atoms. The summed E-state index contributed by atoms with van der Waals surface area (Å²) in [7, 11) is 0. The fourth-order valence-electron chi connectivity index (χ4n) is 1.01. The molecule has 1 atom stereocenters. The van der Waals surface area contributed by atoms with Crippen LogP contribution in [0.2, 0.25) is 0 Å². The summed E-state index contributed by atoms with van der Waals surface area (Å²) in [6.07, 6.45) is 9.14. The third kappa shape index (κ3) is 7.60. The van der Waals surface area contributed by atoms with Crippen LogP contribution in [0.3, 0.4) is 0 Å². The van der Waals surface area contributed by atoms with Crippen molar-refractivity contribution in [3.8, 4) is 0 Å². The molecule has 0 aromatic heterocycles. The summed E-state index contributed by atoms with van der Waals surface area (Å²) in [6, 6.07) is 0. The standard InChI is InChI=1S/C10H20O/c1-3-4-5-6-7-8-10(2)9-11/h3-4,10-11H,5-9H2,1-2H3/b4-3+. The van der Waals surface area contributed by atoms with E-state index in [0.717, 1.165) is 6.42 Å². The van der Waals surface area contributed by atoms with Gasteiger partial charge >= 0.3 is 0 Å². The van der Waals surface area contributed by atoms with Crippen LogP contribution in [0.5, 0.6) is 0 Å². The second-order valence-electron chi connectivity index (χ2n) is 3.14. The quantitative estimate of drug-likeness (QED) is 0.463. The average Bonchev–Trinajstić information content (AvgIpc) is 2.04. The van der Waals surface area contributed by atoms with E-state index in [9.17, 15) is 0 Å². The van der Waals surface area contributed by atoms with Gasteiger partial charge in [-0.05, 0) is 32.1 Å². The Kier molecular flexibility index (Phi) is 7.59. The Hall–Kier alpha value is -0.300. The highest BCUT2D eigenvalue weighted by atomic mass is 16.3. The summed E-state index contributed by atoms with van der Waals surface area (Å²) >= 11 is 0. The van der Waals surface area contributed by atoms with Gasteiger partial charge in [0.1, 0.15) is 0 Å². The predicted molar refractivity (Wildman–Crippen MR) is 49.5 cm³/mol. The third-order valence-electron chi connectivity index (χ3n) is 1.87. The highest BCUT2D eigenvalue weighted by Gasteiger charge is 1.97. The summed E-state index contributed by atoms with van der Waals surface area (Å²) < 4.78 is 0. The Labute approximate surface area is 70.1 Å². The molecule has 1 heteroatoms. The van der Waals surface area contributed by atoms with Crippen molar-refractivity contribution >= 4 is 0 Å². The highest BCUT2D eigenvalue weighted by Crippen LogP contribution is 2.08. The van der Waals surface area contributed by atoms with Gasteiger partial charge in [-0.2, -0.15) is 0 Å². The minimum absolute atomic E-state index is 0.337. The van der Waals surface area contributed by atoms with E-state index in [2.05, 4.69) is 26.0 Å². The number of allylic oxidation sites excluding steroid dienone is 2. The summed E-state index contributed by atoms with van der Waals surface area (Å²) in [6.45, 7) is 4.48. The van der Waals surface area contributed by atoms with Crippen molar-refractivity contribution in [3.63, 3.8) is 0 Å². The summed E-state index contributed by atoms with van der Waals surface area (Å²) in [5.41, 5.74) is 0. The molecular formula is C10H20O. The van der Waals surface area contributed by atoms with Crippen LogP contribution in [-0.2, 0) is 0 Å². The number of aliphatic hydroxyl groups excluding tert-OH is 1. The first-order valence-electron chi connectivity index (χ1n) is 4.53. The number of rotatable bonds is 6. The van der Waals surface area contributed by atoms with Gasteiger partial charge in [-0.15, -0.1) is 0 Å². The van der Waals surface area contributed by atoms with Gasteiger partial charge in [-0.25, -0.2) is 0 Å². The number of unbranched alkanes of at least 4 members (excludes halogenated alkanes) is 2. The molecule has 0 rings (SSSR count). The van der Waals surface area contributed by atoms with E-state index in [1.54, 1.807) is 0 Å². The van der Waals surface area contributed by atoms with Gasteiger partial charge in [0, 0.05) is 6.61 Å². The van der Waals surface area contributed by atoms with Crippen molar-refractivity contribution in [1.29, 1.82) is 0 Å². The Morgan fingerprint density at radius 3 is 2.64 bits per heavy atom. The van der Waals surface area contributed by atoms with E-state index in [1.807, 2.05) is 0 Å². The van der Waals surface area contributed by atoms with Gasteiger partial charge in [0.15, 0.2) is 0 Å². The molecule has 11 heavy (non-hydrogen) atoms. The monoisotopic (exact) mass is 156 g/mol. The van der Waals surface area contributed by atoms with E-state index in [-0.39, 0.29) is 0 Å². The molecule has 66 valence electrons. The Morgan fingerprint density at radius 1 is 1.36 bits per heavy atom. The molecule has 0 radical (unpaired) electrons. The van der Waals surface area contributed by atoms with E-state index < -0.39 is 0 Å². The zero-order valence-corrected chi connectivity index (χ0v) is 7.71. The maximum Gasteiger partial charge on any atom is 0.0456 e. The smallest absolute Gasteiger partial charge is 0.0456 e. The maximum absolute atomic E-state index is 8.72. The number of aliphatic hydroxyl groups is 1. The van der Waals surface area contributed by atoms with Gasteiger partial charge in [-0.1, -0.05) is 25.5 Å². The molecule has 0 saturated carbocycles. The molecule has 0 fully saturated rings. The first-order valence-corrected chi connectivity index (χ1v) is 4.53. The molecule has 0 aliphatic heterocycles. The Balaban J connectivity index is 3.01. The van der Waals surface area contributed by atoms with Crippen molar-refractivity contribution < 1.29 is 5.11 Å². The molecule has 0 aromatic carbocycles. The summed E-state index contributed by atoms with van der Waals surface area (Å²) in [4.78, 5) is 0. The minimum Gasteiger partial charge on any atom is -0.396 e. The lowest BCUT2D eigenvalue weighted by molar-refractivity contribution is 0.227. The lowest BCUT2D eigenvalue weighted by Crippen LogP contribution is -1.99. The number of hydrogen-bond donors (Lipinski definition) is 1. The predicted octanol–water partition coefficient (Wildman–Crippen LogP) is 2.75. The summed E-state index contributed by atoms with van der Waals surface area (Å²) in [5.74, 6) is 0.487. The molecule has 0 amide bonds. The molecule has 1 unspecified atom stereocenters. The third-order valence-corrected chi connectivity index (χ3v) is 1.87. The van der Waals surface area contributed by atoms with Crippen molar-refractivity contribution in [2.45, 2.75) is 39.5 Å². The maximum atomic E-state index is 8.72. The topological polar surface area (TPSA) is 20.2 Å². The van der Waals surface area contributed by atoms with E-state index in [0.29, 0.717) is 12.5 Å². The second-order valence-corrected chi connectivity index (χ2v) is 3.14. The number of hydrogen-bond acceptors (Lipinski definition) is 1. The normalized spacial score (nSPS) is 14.1. The lowest BCUT2D eigenvalue weighted by atomic mass is 10.0. The fraction of sp³-hybridized carbons (Fsp3) is 0.800.